The van der Waals surface area contributed by atoms with Gasteiger partial charge in [-0.1, -0.05) is 31.2 Å². The van der Waals surface area contributed by atoms with Crippen molar-refractivity contribution in [3.8, 4) is 11.3 Å². The third kappa shape index (κ3) is 4.17. The van der Waals surface area contributed by atoms with Crippen LogP contribution in [0.5, 0.6) is 0 Å². The van der Waals surface area contributed by atoms with Gasteiger partial charge in [0.2, 0.25) is 0 Å². The summed E-state index contributed by atoms with van der Waals surface area (Å²) in [4.78, 5) is 18.1. The fraction of sp³-hybridized carbons (Fsp3) is 0.111. The lowest BCUT2D eigenvalue weighted by molar-refractivity contribution is 0.102. The van der Waals surface area contributed by atoms with Crippen LogP contribution in [0.25, 0.3) is 11.3 Å². The summed E-state index contributed by atoms with van der Waals surface area (Å²) in [6.45, 7) is 2.08. The van der Waals surface area contributed by atoms with E-state index in [-0.39, 0.29) is 5.91 Å². The first-order valence-corrected chi connectivity index (χ1v) is 10.4. The van der Waals surface area contributed by atoms with Crippen LogP contribution < -0.4 is 5.32 Å². The molecule has 0 unspecified atom stereocenters. The number of amides is 1. The molecule has 2 aromatic carbocycles. The molecule has 0 saturated carbocycles. The van der Waals surface area contributed by atoms with Gasteiger partial charge in [-0.15, -0.1) is 23.1 Å². The Labute approximate surface area is 163 Å². The number of hydrogen-bond donors (Lipinski definition) is 1. The number of thiazole rings is 1. The van der Waals surface area contributed by atoms with Crippen LogP contribution in [0.3, 0.4) is 0 Å². The average molecular weight is 466 g/mol. The molecule has 1 aromatic heterocycles. The van der Waals surface area contributed by atoms with Crippen molar-refractivity contribution in [2.24, 2.45) is 0 Å². The fourth-order valence-corrected chi connectivity index (χ4v) is 4.06. The zero-order valence-corrected chi connectivity index (χ0v) is 16.7. The first-order chi connectivity index (χ1) is 11.7. The van der Waals surface area contributed by atoms with E-state index in [4.69, 9.17) is 0 Å². The van der Waals surface area contributed by atoms with Crippen LogP contribution >= 0.6 is 45.7 Å². The zero-order chi connectivity index (χ0) is 16.9. The van der Waals surface area contributed by atoms with Crippen LogP contribution in [0.2, 0.25) is 0 Å². The minimum absolute atomic E-state index is 0.116. The second-order valence-corrected chi connectivity index (χ2v) is 8.34. The first-order valence-electron chi connectivity index (χ1n) is 7.42. The molecule has 0 saturated heterocycles. The lowest BCUT2D eigenvalue weighted by Gasteiger charge is -2.07. The standard InChI is InChI=1S/C18H15IN2OS2/c1-2-23-16-6-4-3-5-14(16)17(22)21-18-20-15(11-24-18)12-7-9-13(19)10-8-12/h3-11H,2H2,1H3,(H,20,21,22). The van der Waals surface area contributed by atoms with Crippen molar-refractivity contribution in [3.05, 3.63) is 63.0 Å². The van der Waals surface area contributed by atoms with Gasteiger partial charge in [0.1, 0.15) is 0 Å². The van der Waals surface area contributed by atoms with Gasteiger partial charge in [-0.2, -0.15) is 0 Å². The van der Waals surface area contributed by atoms with Crippen molar-refractivity contribution in [1.82, 2.24) is 4.98 Å². The molecule has 0 fully saturated rings. The Bertz CT molecular complexity index is 846. The number of halogens is 1. The number of hydrogen-bond acceptors (Lipinski definition) is 4. The zero-order valence-electron chi connectivity index (χ0n) is 13.0. The van der Waals surface area contributed by atoms with E-state index in [2.05, 4.69) is 39.8 Å². The summed E-state index contributed by atoms with van der Waals surface area (Å²) in [6.07, 6.45) is 0. The maximum absolute atomic E-state index is 12.5. The van der Waals surface area contributed by atoms with Crippen molar-refractivity contribution in [1.29, 1.82) is 0 Å². The van der Waals surface area contributed by atoms with Gasteiger partial charge in [0.15, 0.2) is 5.13 Å². The Morgan fingerprint density at radius 1 is 1.21 bits per heavy atom. The highest BCUT2D eigenvalue weighted by Crippen LogP contribution is 2.27. The lowest BCUT2D eigenvalue weighted by atomic mass is 10.2. The number of anilines is 1. The van der Waals surface area contributed by atoms with E-state index in [1.165, 1.54) is 14.9 Å². The minimum Gasteiger partial charge on any atom is -0.298 e. The van der Waals surface area contributed by atoms with E-state index >= 15 is 0 Å². The lowest BCUT2D eigenvalue weighted by Crippen LogP contribution is -2.12. The van der Waals surface area contributed by atoms with E-state index in [9.17, 15) is 4.79 Å². The molecule has 0 bridgehead atoms. The Morgan fingerprint density at radius 3 is 2.71 bits per heavy atom. The number of thioether (sulfide) groups is 1. The van der Waals surface area contributed by atoms with Gasteiger partial charge >= 0.3 is 0 Å². The van der Waals surface area contributed by atoms with Crippen LogP contribution in [-0.4, -0.2) is 16.6 Å². The summed E-state index contributed by atoms with van der Waals surface area (Å²) >= 11 is 5.38. The van der Waals surface area contributed by atoms with Gasteiger partial charge < -0.3 is 0 Å². The molecule has 24 heavy (non-hydrogen) atoms. The summed E-state index contributed by atoms with van der Waals surface area (Å²) in [5.41, 5.74) is 2.62. The molecule has 0 spiro atoms. The van der Waals surface area contributed by atoms with E-state index in [1.54, 1.807) is 11.8 Å². The summed E-state index contributed by atoms with van der Waals surface area (Å²) in [5.74, 6) is 0.813. The van der Waals surface area contributed by atoms with Gasteiger partial charge in [-0.05, 0) is 52.6 Å². The highest BCUT2D eigenvalue weighted by molar-refractivity contribution is 14.1. The van der Waals surface area contributed by atoms with Crippen molar-refractivity contribution in [3.63, 3.8) is 0 Å². The first kappa shape index (κ1) is 17.4. The number of rotatable bonds is 5. The third-order valence-electron chi connectivity index (χ3n) is 3.30. The highest BCUT2D eigenvalue weighted by atomic mass is 127. The molecule has 0 aliphatic rings. The SMILES string of the molecule is CCSc1ccccc1C(=O)Nc1nc(-c2ccc(I)cc2)cs1. The predicted molar refractivity (Wildman–Crippen MR) is 111 cm³/mol. The number of carbonyl (C=O) groups excluding carboxylic acids is 1. The quantitative estimate of drug-likeness (QED) is 0.383. The monoisotopic (exact) mass is 466 g/mol. The van der Waals surface area contributed by atoms with Gasteiger partial charge in [0, 0.05) is 19.4 Å². The second kappa shape index (κ2) is 8.13. The summed E-state index contributed by atoms with van der Waals surface area (Å²) in [5, 5.41) is 5.49. The molecule has 0 atom stereocenters. The maximum Gasteiger partial charge on any atom is 0.258 e. The average Bonchev–Trinajstić information content (AvgIpc) is 3.05. The molecule has 1 amide bonds. The van der Waals surface area contributed by atoms with Crippen LogP contribution in [-0.2, 0) is 0 Å². The summed E-state index contributed by atoms with van der Waals surface area (Å²) < 4.78 is 1.19. The van der Waals surface area contributed by atoms with Gasteiger partial charge in [0.25, 0.3) is 5.91 Å². The Hall–Kier alpha value is -1.38. The maximum atomic E-state index is 12.5. The van der Waals surface area contributed by atoms with Crippen molar-refractivity contribution < 1.29 is 4.79 Å². The van der Waals surface area contributed by atoms with Gasteiger partial charge in [-0.25, -0.2) is 4.98 Å². The third-order valence-corrected chi connectivity index (χ3v) is 5.73. The molecular formula is C18H15IN2OS2. The van der Waals surface area contributed by atoms with Crippen LogP contribution in [0.1, 0.15) is 17.3 Å². The van der Waals surface area contributed by atoms with Crippen LogP contribution in [0.4, 0.5) is 5.13 Å². The number of nitrogens with one attached hydrogen (secondary N) is 1. The van der Waals surface area contributed by atoms with Gasteiger partial charge in [-0.3, -0.25) is 10.1 Å². The second-order valence-electron chi connectivity index (χ2n) is 4.93. The normalized spacial score (nSPS) is 10.6. The van der Waals surface area contributed by atoms with E-state index in [0.29, 0.717) is 10.7 Å². The van der Waals surface area contributed by atoms with Crippen molar-refractivity contribution in [2.45, 2.75) is 11.8 Å². The van der Waals surface area contributed by atoms with E-state index in [0.717, 1.165) is 21.9 Å². The Morgan fingerprint density at radius 2 is 1.96 bits per heavy atom. The molecule has 3 rings (SSSR count). The molecule has 3 nitrogen and oxygen atoms in total. The molecule has 0 radical (unpaired) electrons. The number of benzene rings is 2. The molecule has 0 aliphatic heterocycles. The summed E-state index contributed by atoms with van der Waals surface area (Å²) in [6, 6.07) is 15.8. The topological polar surface area (TPSA) is 42.0 Å². The largest absolute Gasteiger partial charge is 0.298 e. The number of aromatic nitrogens is 1. The molecule has 1 N–H and O–H groups in total. The van der Waals surface area contributed by atoms with E-state index in [1.807, 2.05) is 53.9 Å². The fourth-order valence-electron chi connectivity index (χ4n) is 2.18. The van der Waals surface area contributed by atoms with Crippen molar-refractivity contribution in [2.75, 3.05) is 11.1 Å². The molecule has 0 aliphatic carbocycles. The molecule has 3 aromatic rings. The Kier molecular flexibility index (Phi) is 5.91. The molecule has 1 heterocycles. The molecule has 122 valence electrons. The summed E-state index contributed by atoms with van der Waals surface area (Å²) in [7, 11) is 0. The van der Waals surface area contributed by atoms with E-state index < -0.39 is 0 Å². The smallest absolute Gasteiger partial charge is 0.258 e. The van der Waals surface area contributed by atoms with Crippen LogP contribution in [0.15, 0.2) is 58.8 Å². The molecule has 6 heteroatoms. The number of nitrogens with zero attached hydrogens (tertiary/aromatic N) is 1. The minimum atomic E-state index is -0.116. The molecular weight excluding hydrogens is 451 g/mol. The van der Waals surface area contributed by atoms with Crippen molar-refractivity contribution >= 4 is 56.7 Å². The van der Waals surface area contributed by atoms with Crippen LogP contribution in [0, 0.1) is 3.57 Å². The Balaban J connectivity index is 1.77. The van der Waals surface area contributed by atoms with Gasteiger partial charge in [0.05, 0.1) is 11.3 Å². The number of carbonyl (C=O) groups is 1. The predicted octanol–water partition coefficient (Wildman–Crippen LogP) is 5.78. The highest BCUT2D eigenvalue weighted by Gasteiger charge is 2.13.